The third kappa shape index (κ3) is 8.46. The average molecular weight is 707 g/mol. The zero-order valence-electron chi connectivity index (χ0n) is 20.2. The standard InChI is InChI=1S/C14H9Cl2FN2O5S.C7H3Cl2NO6S/c1-7-4-9(2-3-10(7)17)18-14(20)8-5-11(19(21)22)13(15)12(6-8)25(16,23)24;8-6-4(10(13)14)1-3(7(11)12)2-5(6)17(9,15)16/h2-6H,1H3,(H,18,20);1-2H,(H,11,12). The molecule has 3 aromatic rings. The number of carboxylic acids is 1. The van der Waals surface area contributed by atoms with E-state index >= 15 is 0 Å². The molecule has 42 heavy (non-hydrogen) atoms. The van der Waals surface area contributed by atoms with Crippen molar-refractivity contribution >= 4 is 91.6 Å². The van der Waals surface area contributed by atoms with Crippen LogP contribution in [0.2, 0.25) is 10.0 Å². The van der Waals surface area contributed by atoms with Crippen LogP contribution in [0, 0.1) is 33.0 Å². The lowest BCUT2D eigenvalue weighted by atomic mass is 10.1. The number of nitrogens with zero attached hydrogens (tertiary/aromatic N) is 2. The SMILES string of the molecule is Cc1cc(NC(=O)c2cc([N+](=O)[O-])c(Cl)c(S(=O)(=O)Cl)c2)ccc1F.O=C(O)c1cc([N+](=O)[O-])c(Cl)c(S(=O)(=O)Cl)c1. The molecule has 0 saturated heterocycles. The van der Waals surface area contributed by atoms with Gasteiger partial charge in [0.15, 0.2) is 0 Å². The highest BCUT2D eigenvalue weighted by Gasteiger charge is 2.28. The van der Waals surface area contributed by atoms with Crippen molar-refractivity contribution in [3.05, 3.63) is 95.2 Å². The van der Waals surface area contributed by atoms with E-state index < -0.39 is 82.4 Å². The van der Waals surface area contributed by atoms with Crippen molar-refractivity contribution in [2.24, 2.45) is 0 Å². The van der Waals surface area contributed by atoms with E-state index in [1.807, 2.05) is 0 Å². The fraction of sp³-hybridized carbons (Fsp3) is 0.0476. The molecule has 0 spiro atoms. The van der Waals surface area contributed by atoms with Crippen molar-refractivity contribution in [1.82, 2.24) is 0 Å². The van der Waals surface area contributed by atoms with Gasteiger partial charge in [0.25, 0.3) is 35.4 Å². The molecule has 2 N–H and O–H groups in total. The molecule has 0 atom stereocenters. The normalized spacial score (nSPS) is 11.2. The van der Waals surface area contributed by atoms with Crippen LogP contribution >= 0.6 is 44.6 Å². The number of halogens is 5. The van der Waals surface area contributed by atoms with Gasteiger partial charge in [0.1, 0.15) is 25.7 Å². The molecule has 0 aromatic heterocycles. The Morgan fingerprint density at radius 3 is 1.64 bits per heavy atom. The summed E-state index contributed by atoms with van der Waals surface area (Å²) in [5, 5.41) is 31.2. The maximum atomic E-state index is 13.2. The molecule has 0 heterocycles. The van der Waals surface area contributed by atoms with E-state index in [0.717, 1.165) is 18.2 Å². The molecule has 224 valence electrons. The Kier molecular flexibility index (Phi) is 10.8. The van der Waals surface area contributed by atoms with Gasteiger partial charge in [-0.3, -0.25) is 25.0 Å². The number of aryl methyl sites for hydroxylation is 1. The molecule has 0 aliphatic carbocycles. The van der Waals surface area contributed by atoms with Gasteiger partial charge in [-0.05, 0) is 42.8 Å². The third-order valence-corrected chi connectivity index (χ3v) is 8.59. The second kappa shape index (κ2) is 13.1. The highest BCUT2D eigenvalue weighted by Crippen LogP contribution is 2.35. The van der Waals surface area contributed by atoms with E-state index in [2.05, 4.69) is 5.32 Å². The number of hydrogen-bond donors (Lipinski definition) is 2. The van der Waals surface area contributed by atoms with Crippen molar-refractivity contribution in [2.75, 3.05) is 5.32 Å². The van der Waals surface area contributed by atoms with Crippen molar-refractivity contribution in [3.63, 3.8) is 0 Å². The van der Waals surface area contributed by atoms with Crippen LogP contribution in [0.1, 0.15) is 26.3 Å². The van der Waals surface area contributed by atoms with E-state index in [-0.39, 0.29) is 16.8 Å². The summed E-state index contributed by atoms with van der Waals surface area (Å²) < 4.78 is 58.4. The number of benzene rings is 3. The number of carbonyl (C=O) groups excluding carboxylic acids is 1. The third-order valence-electron chi connectivity index (χ3n) is 4.88. The predicted octanol–water partition coefficient (Wildman–Crippen LogP) is 5.75. The first-order valence-electron chi connectivity index (χ1n) is 10.3. The van der Waals surface area contributed by atoms with Crippen LogP contribution in [0.15, 0.2) is 52.3 Å². The first-order valence-corrected chi connectivity index (χ1v) is 15.7. The largest absolute Gasteiger partial charge is 0.478 e. The Morgan fingerprint density at radius 2 is 1.26 bits per heavy atom. The summed E-state index contributed by atoms with van der Waals surface area (Å²) in [5.41, 5.74) is -2.09. The summed E-state index contributed by atoms with van der Waals surface area (Å²) >= 11 is 11.2. The van der Waals surface area contributed by atoms with Gasteiger partial charge >= 0.3 is 5.97 Å². The van der Waals surface area contributed by atoms with Crippen molar-refractivity contribution in [2.45, 2.75) is 16.7 Å². The topological polar surface area (TPSA) is 221 Å². The van der Waals surface area contributed by atoms with Crippen molar-refractivity contribution < 1.29 is 45.8 Å². The maximum Gasteiger partial charge on any atom is 0.335 e. The van der Waals surface area contributed by atoms with Gasteiger partial charge in [-0.1, -0.05) is 23.2 Å². The van der Waals surface area contributed by atoms with Crippen molar-refractivity contribution in [1.29, 1.82) is 0 Å². The van der Waals surface area contributed by atoms with Crippen LogP contribution in [0.5, 0.6) is 0 Å². The summed E-state index contributed by atoms with van der Waals surface area (Å²) in [6.07, 6.45) is 0. The summed E-state index contributed by atoms with van der Waals surface area (Å²) in [6.45, 7) is 1.48. The molecule has 3 rings (SSSR count). The van der Waals surface area contributed by atoms with Crippen molar-refractivity contribution in [3.8, 4) is 0 Å². The first kappa shape index (κ1) is 34.6. The lowest BCUT2D eigenvalue weighted by molar-refractivity contribution is -0.385. The van der Waals surface area contributed by atoms with Gasteiger partial charge in [-0.2, -0.15) is 0 Å². The molecule has 0 bridgehead atoms. The van der Waals surface area contributed by atoms with Gasteiger partial charge in [-0.25, -0.2) is 26.0 Å². The van der Waals surface area contributed by atoms with Crippen LogP contribution in [0.3, 0.4) is 0 Å². The summed E-state index contributed by atoms with van der Waals surface area (Å²) in [4.78, 5) is 41.0. The molecular formula is C21H12Cl4FN3O11S2. The maximum absolute atomic E-state index is 13.2. The van der Waals surface area contributed by atoms with Gasteiger partial charge in [0.2, 0.25) is 0 Å². The Balaban J connectivity index is 0.000000317. The van der Waals surface area contributed by atoms with E-state index in [1.54, 1.807) is 0 Å². The number of carboxylic acid groups (broad SMARTS) is 1. The molecule has 0 aliphatic heterocycles. The Bertz CT molecular complexity index is 1870. The van der Waals surface area contributed by atoms with E-state index in [0.29, 0.717) is 12.1 Å². The average Bonchev–Trinajstić information content (AvgIpc) is 2.84. The highest BCUT2D eigenvalue weighted by atomic mass is 35.7. The number of rotatable bonds is 7. The zero-order chi connectivity index (χ0) is 32.3. The minimum absolute atomic E-state index is 0.219. The smallest absolute Gasteiger partial charge is 0.335 e. The molecule has 0 fully saturated rings. The molecular weight excluding hydrogens is 695 g/mol. The summed E-state index contributed by atoms with van der Waals surface area (Å²) in [6, 6.07) is 6.70. The monoisotopic (exact) mass is 705 g/mol. The Hall–Kier alpha value is -3.61. The van der Waals surface area contributed by atoms with Crippen LogP contribution in [-0.4, -0.2) is 43.7 Å². The Labute approximate surface area is 253 Å². The fourth-order valence-corrected chi connectivity index (χ4v) is 6.07. The number of nitrogens with one attached hydrogen (secondary N) is 1. The number of anilines is 1. The Morgan fingerprint density at radius 1 is 0.833 bits per heavy atom. The predicted molar refractivity (Wildman–Crippen MR) is 148 cm³/mol. The summed E-state index contributed by atoms with van der Waals surface area (Å²) in [5.74, 6) is -2.87. The minimum Gasteiger partial charge on any atom is -0.478 e. The molecule has 3 aromatic carbocycles. The second-order valence-corrected chi connectivity index (χ2v) is 13.6. The van der Waals surface area contributed by atoms with E-state index in [9.17, 15) is 51.0 Å². The van der Waals surface area contributed by atoms with Crippen LogP contribution in [0.4, 0.5) is 21.5 Å². The summed E-state index contributed by atoms with van der Waals surface area (Å²) in [7, 11) is 1.40. The van der Waals surface area contributed by atoms with Crippen LogP contribution < -0.4 is 5.32 Å². The fourth-order valence-electron chi connectivity index (χ4n) is 2.97. The number of amides is 1. The number of nitro groups is 2. The number of nitro benzene ring substituents is 2. The molecule has 1 amide bonds. The zero-order valence-corrected chi connectivity index (χ0v) is 24.8. The number of hydrogen-bond acceptors (Lipinski definition) is 10. The molecule has 0 unspecified atom stereocenters. The lowest BCUT2D eigenvalue weighted by Gasteiger charge is -2.09. The number of aromatic carboxylic acids is 1. The van der Waals surface area contributed by atoms with Crippen LogP contribution in [0.25, 0.3) is 0 Å². The first-order chi connectivity index (χ1) is 19.1. The lowest BCUT2D eigenvalue weighted by Crippen LogP contribution is -2.13. The van der Waals surface area contributed by atoms with E-state index in [1.165, 1.54) is 19.1 Å². The van der Waals surface area contributed by atoms with Gasteiger partial charge < -0.3 is 10.4 Å². The van der Waals surface area contributed by atoms with Gasteiger partial charge in [0, 0.05) is 44.7 Å². The van der Waals surface area contributed by atoms with Gasteiger partial charge in [0.05, 0.1) is 15.4 Å². The minimum atomic E-state index is -4.42. The quantitative estimate of drug-likeness (QED) is 0.171. The highest BCUT2D eigenvalue weighted by molar-refractivity contribution is 8.14. The van der Waals surface area contributed by atoms with Crippen LogP contribution in [-0.2, 0) is 18.1 Å². The molecule has 0 aliphatic rings. The molecule has 21 heteroatoms. The number of carbonyl (C=O) groups is 2. The van der Waals surface area contributed by atoms with E-state index in [4.69, 9.17) is 49.7 Å². The molecule has 14 nitrogen and oxygen atoms in total. The molecule has 0 saturated carbocycles. The molecule has 0 radical (unpaired) electrons. The van der Waals surface area contributed by atoms with Gasteiger partial charge in [-0.15, -0.1) is 0 Å². The second-order valence-electron chi connectivity index (χ2n) is 7.73.